The van der Waals surface area contributed by atoms with Gasteiger partial charge in [0.15, 0.2) is 17.0 Å². The van der Waals surface area contributed by atoms with Gasteiger partial charge in [-0.1, -0.05) is 49.0 Å². The maximum atomic E-state index is 12.5. The summed E-state index contributed by atoms with van der Waals surface area (Å²) in [7, 11) is 1.56. The third-order valence-electron chi connectivity index (χ3n) is 5.47. The van der Waals surface area contributed by atoms with Crippen molar-refractivity contribution in [3.05, 3.63) is 93.9 Å². The van der Waals surface area contributed by atoms with Crippen molar-refractivity contribution in [3.8, 4) is 11.5 Å². The van der Waals surface area contributed by atoms with Gasteiger partial charge in [-0.25, -0.2) is 4.79 Å². The number of anilines is 1. The number of amides is 1. The van der Waals surface area contributed by atoms with E-state index in [-0.39, 0.29) is 23.6 Å². The molecule has 1 heterocycles. The Labute approximate surface area is 208 Å². The van der Waals surface area contributed by atoms with E-state index >= 15 is 0 Å². The Bertz CT molecular complexity index is 1240. The van der Waals surface area contributed by atoms with E-state index < -0.39 is 5.97 Å². The lowest BCUT2D eigenvalue weighted by molar-refractivity contribution is -0.116. The van der Waals surface area contributed by atoms with Gasteiger partial charge >= 0.3 is 5.97 Å². The lowest BCUT2D eigenvalue weighted by atomic mass is 10.1. The van der Waals surface area contributed by atoms with Crippen molar-refractivity contribution in [3.63, 3.8) is 0 Å². The van der Waals surface area contributed by atoms with Crippen molar-refractivity contribution >= 4 is 35.4 Å². The number of benzene rings is 3. The molecule has 1 saturated heterocycles. The number of carboxylic acid groups (broad SMARTS) is 1. The standard InChI is InChI=1S/C27H26N2O5S/c1-3-17-6-11-21(12-7-17)28-27-29-25(30)24(35-27)15-19-8-13-22(23(14-19)33-2)34-16-18-4-9-20(10-5-18)26(31)32/h4-15,27-28H,3,16H2,1-2H3,(H,29,30)(H,31,32)/b24-15-/t27-/m0/s1. The zero-order valence-corrected chi connectivity index (χ0v) is 20.2. The molecule has 8 heteroatoms. The first-order valence-electron chi connectivity index (χ1n) is 11.1. The summed E-state index contributed by atoms with van der Waals surface area (Å²) in [5.41, 5.74) is 3.83. The average Bonchev–Trinajstić information content (AvgIpc) is 3.21. The predicted molar refractivity (Wildman–Crippen MR) is 138 cm³/mol. The molecule has 1 amide bonds. The molecule has 7 nitrogen and oxygen atoms in total. The lowest BCUT2D eigenvalue weighted by Gasteiger charge is -2.13. The van der Waals surface area contributed by atoms with Crippen LogP contribution in [0.4, 0.5) is 5.69 Å². The second kappa shape index (κ2) is 11.0. The molecule has 0 aliphatic carbocycles. The van der Waals surface area contributed by atoms with Crippen LogP contribution in [0.1, 0.15) is 34.0 Å². The van der Waals surface area contributed by atoms with Crippen LogP contribution in [0.25, 0.3) is 6.08 Å². The number of hydrogen-bond donors (Lipinski definition) is 3. The molecule has 35 heavy (non-hydrogen) atoms. The van der Waals surface area contributed by atoms with Crippen LogP contribution in [0.2, 0.25) is 0 Å². The SMILES string of the molecule is CCc1ccc(N[C@H]2NC(=O)/C(=C/c3ccc(OCc4ccc(C(=O)O)cc4)c(OC)c3)S2)cc1. The van der Waals surface area contributed by atoms with Crippen LogP contribution in [-0.2, 0) is 17.8 Å². The molecule has 1 aliphatic heterocycles. The maximum absolute atomic E-state index is 12.5. The van der Waals surface area contributed by atoms with E-state index in [1.807, 2.05) is 30.3 Å². The van der Waals surface area contributed by atoms with E-state index in [4.69, 9.17) is 14.6 Å². The fraction of sp³-hybridized carbons (Fsp3) is 0.185. The highest BCUT2D eigenvalue weighted by molar-refractivity contribution is 8.05. The largest absolute Gasteiger partial charge is 0.493 e. The quantitative estimate of drug-likeness (QED) is 0.358. The molecule has 0 saturated carbocycles. The molecule has 3 aromatic rings. The normalized spacial score (nSPS) is 16.1. The van der Waals surface area contributed by atoms with E-state index in [1.54, 1.807) is 37.4 Å². The number of aromatic carboxylic acids is 1. The first-order valence-corrected chi connectivity index (χ1v) is 12.0. The molecule has 1 fully saturated rings. The van der Waals surface area contributed by atoms with E-state index in [0.29, 0.717) is 16.4 Å². The Morgan fingerprint density at radius 3 is 2.43 bits per heavy atom. The molecule has 0 aromatic heterocycles. The van der Waals surface area contributed by atoms with Gasteiger partial charge < -0.3 is 25.2 Å². The minimum absolute atomic E-state index is 0.137. The second-order valence-electron chi connectivity index (χ2n) is 7.88. The molecule has 1 aliphatic rings. The number of hydrogen-bond acceptors (Lipinski definition) is 6. The third-order valence-corrected chi connectivity index (χ3v) is 6.50. The van der Waals surface area contributed by atoms with Crippen molar-refractivity contribution in [2.75, 3.05) is 12.4 Å². The van der Waals surface area contributed by atoms with Crippen LogP contribution in [0.5, 0.6) is 11.5 Å². The molecular formula is C27H26N2O5S. The first-order chi connectivity index (χ1) is 16.9. The number of nitrogens with one attached hydrogen (secondary N) is 2. The molecule has 4 rings (SSSR count). The van der Waals surface area contributed by atoms with Gasteiger partial charge in [0.2, 0.25) is 0 Å². The molecule has 3 N–H and O–H groups in total. The number of ether oxygens (including phenoxy) is 2. The van der Waals surface area contributed by atoms with E-state index in [2.05, 4.69) is 29.7 Å². The summed E-state index contributed by atoms with van der Waals surface area (Å²) < 4.78 is 11.4. The number of carboxylic acids is 1. The average molecular weight is 491 g/mol. The molecule has 0 radical (unpaired) electrons. The Kier molecular flexibility index (Phi) is 7.62. The minimum Gasteiger partial charge on any atom is -0.493 e. The van der Waals surface area contributed by atoms with Crippen molar-refractivity contribution in [1.82, 2.24) is 5.32 Å². The van der Waals surface area contributed by atoms with Gasteiger partial charge in [-0.3, -0.25) is 4.79 Å². The fourth-order valence-electron chi connectivity index (χ4n) is 3.50. The number of methoxy groups -OCH3 is 1. The number of aryl methyl sites for hydroxylation is 1. The van der Waals surface area contributed by atoms with Crippen molar-refractivity contribution < 1.29 is 24.2 Å². The summed E-state index contributed by atoms with van der Waals surface area (Å²) in [4.78, 5) is 24.1. The van der Waals surface area contributed by atoms with Crippen LogP contribution in [0.15, 0.2) is 71.6 Å². The van der Waals surface area contributed by atoms with E-state index in [0.717, 1.165) is 23.2 Å². The predicted octanol–water partition coefficient (Wildman–Crippen LogP) is 5.13. The number of carbonyl (C=O) groups is 2. The topological polar surface area (TPSA) is 96.9 Å². The van der Waals surface area contributed by atoms with Crippen LogP contribution in [0.3, 0.4) is 0 Å². The van der Waals surface area contributed by atoms with Crippen LogP contribution in [0, 0.1) is 0 Å². The third kappa shape index (κ3) is 6.16. The van der Waals surface area contributed by atoms with Crippen LogP contribution in [-0.4, -0.2) is 29.6 Å². The minimum atomic E-state index is -0.967. The molecular weight excluding hydrogens is 464 g/mol. The highest BCUT2D eigenvalue weighted by Gasteiger charge is 2.27. The van der Waals surface area contributed by atoms with Gasteiger partial charge in [-0.15, -0.1) is 0 Å². The number of thioether (sulfide) groups is 1. The maximum Gasteiger partial charge on any atom is 0.335 e. The molecule has 3 aromatic carbocycles. The summed E-state index contributed by atoms with van der Waals surface area (Å²) in [6, 6.07) is 20.1. The summed E-state index contributed by atoms with van der Waals surface area (Å²) in [5, 5.41) is 15.3. The Morgan fingerprint density at radius 1 is 1.06 bits per heavy atom. The smallest absolute Gasteiger partial charge is 0.335 e. The lowest BCUT2D eigenvalue weighted by Crippen LogP contribution is -2.30. The van der Waals surface area contributed by atoms with E-state index in [9.17, 15) is 9.59 Å². The van der Waals surface area contributed by atoms with Gasteiger partial charge in [0.1, 0.15) is 6.61 Å². The number of rotatable bonds is 9. The summed E-state index contributed by atoms with van der Waals surface area (Å²) in [6.07, 6.45) is 2.80. The molecule has 0 unspecified atom stereocenters. The summed E-state index contributed by atoms with van der Waals surface area (Å²) in [6.45, 7) is 2.38. The summed E-state index contributed by atoms with van der Waals surface area (Å²) >= 11 is 1.42. The van der Waals surface area contributed by atoms with Gasteiger partial charge in [-0.05, 0) is 65.6 Å². The Hall–Kier alpha value is -3.91. The van der Waals surface area contributed by atoms with Gasteiger partial charge in [0.25, 0.3) is 5.91 Å². The van der Waals surface area contributed by atoms with Crippen LogP contribution >= 0.6 is 11.8 Å². The highest BCUT2D eigenvalue weighted by Crippen LogP contribution is 2.33. The molecule has 1 atom stereocenters. The summed E-state index contributed by atoms with van der Waals surface area (Å²) in [5.74, 6) is -0.0152. The van der Waals surface area contributed by atoms with Crippen molar-refractivity contribution in [2.45, 2.75) is 25.4 Å². The molecule has 0 bridgehead atoms. The van der Waals surface area contributed by atoms with Gasteiger partial charge in [0, 0.05) is 5.69 Å². The van der Waals surface area contributed by atoms with E-state index in [1.165, 1.54) is 17.3 Å². The monoisotopic (exact) mass is 490 g/mol. The van der Waals surface area contributed by atoms with Gasteiger partial charge in [-0.2, -0.15) is 0 Å². The van der Waals surface area contributed by atoms with Gasteiger partial charge in [0.05, 0.1) is 17.6 Å². The van der Waals surface area contributed by atoms with Crippen LogP contribution < -0.4 is 20.1 Å². The second-order valence-corrected chi connectivity index (χ2v) is 9.02. The zero-order valence-electron chi connectivity index (χ0n) is 19.4. The highest BCUT2D eigenvalue weighted by atomic mass is 32.2. The fourth-order valence-corrected chi connectivity index (χ4v) is 4.49. The zero-order chi connectivity index (χ0) is 24.8. The van der Waals surface area contributed by atoms with Crippen molar-refractivity contribution in [1.29, 1.82) is 0 Å². The first kappa shape index (κ1) is 24.2. The Balaban J connectivity index is 1.40. The molecule has 0 spiro atoms. The molecule has 180 valence electrons. The number of carbonyl (C=O) groups excluding carboxylic acids is 1. The van der Waals surface area contributed by atoms with Crippen molar-refractivity contribution in [2.24, 2.45) is 0 Å². The Morgan fingerprint density at radius 2 is 1.77 bits per heavy atom.